The molecular weight excluding hydrogens is 401 g/mol. The summed E-state index contributed by atoms with van der Waals surface area (Å²) in [6, 6.07) is 12.0. The molecule has 0 saturated heterocycles. The number of likely N-dealkylation sites (N-methyl/N-ethyl adjacent to an activating group) is 1. The second kappa shape index (κ2) is 10.9. The highest BCUT2D eigenvalue weighted by Gasteiger charge is 2.13. The maximum Gasteiger partial charge on any atom is 0.238 e. The minimum atomic E-state index is -0.196. The van der Waals surface area contributed by atoms with Gasteiger partial charge in [-0.25, -0.2) is 0 Å². The normalized spacial score (nSPS) is 10.6. The van der Waals surface area contributed by atoms with E-state index in [4.69, 9.17) is 27.9 Å². The van der Waals surface area contributed by atoms with Crippen molar-refractivity contribution in [1.82, 2.24) is 4.90 Å². The lowest BCUT2D eigenvalue weighted by atomic mass is 10.3. The van der Waals surface area contributed by atoms with Crippen LogP contribution in [0.25, 0.3) is 0 Å². The van der Waals surface area contributed by atoms with Crippen LogP contribution in [0.15, 0.2) is 42.5 Å². The quantitative estimate of drug-likeness (QED) is 0.630. The molecule has 0 unspecified atom stereocenters. The van der Waals surface area contributed by atoms with Gasteiger partial charge in [0.05, 0.1) is 24.4 Å². The fraction of sp³-hybridized carbons (Fsp3) is 0.300. The molecule has 0 spiro atoms. The molecule has 28 heavy (non-hydrogen) atoms. The molecule has 2 aromatic rings. The van der Waals surface area contributed by atoms with Crippen molar-refractivity contribution in [2.24, 2.45) is 0 Å². The van der Waals surface area contributed by atoms with Gasteiger partial charge in [0.15, 0.2) is 0 Å². The van der Waals surface area contributed by atoms with E-state index in [0.29, 0.717) is 34.5 Å². The van der Waals surface area contributed by atoms with Crippen molar-refractivity contribution in [3.63, 3.8) is 0 Å². The molecule has 2 rings (SSSR count). The molecule has 2 N–H and O–H groups in total. The fourth-order valence-corrected chi connectivity index (χ4v) is 2.83. The second-order valence-corrected chi connectivity index (χ2v) is 6.91. The highest BCUT2D eigenvalue weighted by Crippen LogP contribution is 2.25. The third-order valence-corrected chi connectivity index (χ3v) is 4.61. The molecule has 0 radical (unpaired) electrons. The summed E-state index contributed by atoms with van der Waals surface area (Å²) in [6.07, 6.45) is 0.229. The van der Waals surface area contributed by atoms with E-state index >= 15 is 0 Å². The van der Waals surface area contributed by atoms with Crippen LogP contribution < -0.4 is 15.4 Å². The number of carbonyl (C=O) groups excluding carboxylic acids is 2. The van der Waals surface area contributed by atoms with Crippen molar-refractivity contribution in [3.05, 3.63) is 52.5 Å². The number of halogens is 2. The lowest BCUT2D eigenvalue weighted by Crippen LogP contribution is -2.35. The number of anilines is 2. The highest BCUT2D eigenvalue weighted by molar-refractivity contribution is 6.35. The number of nitrogens with zero attached hydrogens (tertiary/aromatic N) is 1. The molecule has 0 aliphatic carbocycles. The summed E-state index contributed by atoms with van der Waals surface area (Å²) in [7, 11) is 1.59. The van der Waals surface area contributed by atoms with Crippen LogP contribution in [0, 0.1) is 0 Å². The van der Waals surface area contributed by atoms with Crippen LogP contribution in [0.4, 0.5) is 11.4 Å². The van der Waals surface area contributed by atoms with Crippen LogP contribution >= 0.6 is 23.2 Å². The number of benzene rings is 2. The first-order valence-electron chi connectivity index (χ1n) is 8.82. The van der Waals surface area contributed by atoms with E-state index in [1.165, 1.54) is 0 Å². The van der Waals surface area contributed by atoms with Crippen molar-refractivity contribution in [2.45, 2.75) is 13.3 Å². The van der Waals surface area contributed by atoms with Crippen LogP contribution in [-0.2, 0) is 9.59 Å². The van der Waals surface area contributed by atoms with Gasteiger partial charge in [0.25, 0.3) is 0 Å². The summed E-state index contributed by atoms with van der Waals surface area (Å²) < 4.78 is 5.09. The Morgan fingerprint density at radius 3 is 2.39 bits per heavy atom. The lowest BCUT2D eigenvalue weighted by Gasteiger charge is -2.19. The van der Waals surface area contributed by atoms with E-state index in [1.54, 1.807) is 49.6 Å². The predicted octanol–water partition coefficient (Wildman–Crippen LogP) is 4.29. The number of carbonyl (C=O) groups is 2. The monoisotopic (exact) mass is 423 g/mol. The van der Waals surface area contributed by atoms with Gasteiger partial charge in [-0.15, -0.1) is 0 Å². The number of hydrogen-bond acceptors (Lipinski definition) is 4. The van der Waals surface area contributed by atoms with Gasteiger partial charge in [0.1, 0.15) is 5.75 Å². The van der Waals surface area contributed by atoms with Gasteiger partial charge < -0.3 is 15.4 Å². The van der Waals surface area contributed by atoms with E-state index in [-0.39, 0.29) is 24.8 Å². The summed E-state index contributed by atoms with van der Waals surface area (Å²) in [4.78, 5) is 26.3. The van der Waals surface area contributed by atoms with E-state index in [2.05, 4.69) is 10.6 Å². The minimum absolute atomic E-state index is 0.148. The zero-order valence-corrected chi connectivity index (χ0v) is 17.3. The molecular formula is C20H23Cl2N3O3. The Kier molecular flexibility index (Phi) is 8.57. The van der Waals surface area contributed by atoms with Gasteiger partial charge in [-0.1, -0.05) is 30.1 Å². The first-order chi connectivity index (χ1) is 13.4. The molecule has 8 heteroatoms. The number of methoxy groups -OCH3 is 1. The van der Waals surface area contributed by atoms with Gasteiger partial charge in [0.2, 0.25) is 11.8 Å². The van der Waals surface area contributed by atoms with Crippen molar-refractivity contribution in [1.29, 1.82) is 0 Å². The average molecular weight is 424 g/mol. The number of ether oxygens (including phenoxy) is 1. The van der Waals surface area contributed by atoms with Gasteiger partial charge in [-0.05, 0) is 49.0 Å². The fourth-order valence-electron chi connectivity index (χ4n) is 2.49. The van der Waals surface area contributed by atoms with Crippen molar-refractivity contribution < 1.29 is 14.3 Å². The summed E-state index contributed by atoms with van der Waals surface area (Å²) in [6.45, 7) is 3.21. The number of amides is 2. The molecule has 2 aromatic carbocycles. The Balaban J connectivity index is 1.81. The molecule has 0 fully saturated rings. The summed E-state index contributed by atoms with van der Waals surface area (Å²) in [5.41, 5.74) is 1.16. The first-order valence-corrected chi connectivity index (χ1v) is 9.58. The van der Waals surface area contributed by atoms with Gasteiger partial charge in [-0.2, -0.15) is 0 Å². The highest BCUT2D eigenvalue weighted by atomic mass is 35.5. The summed E-state index contributed by atoms with van der Waals surface area (Å²) in [5, 5.41) is 6.48. The van der Waals surface area contributed by atoms with E-state index in [9.17, 15) is 9.59 Å². The standard InChI is InChI=1S/C20H23Cl2N3O3/c1-3-25(13-20(27)23-15-5-7-16(28-2)8-6-15)11-10-19(26)24-18-12-14(21)4-9-17(18)22/h4-9,12H,3,10-11,13H2,1-2H3,(H,23,27)(H,24,26). The van der Waals surface area contributed by atoms with Crippen molar-refractivity contribution in [2.75, 3.05) is 37.4 Å². The molecule has 0 heterocycles. The molecule has 0 saturated carbocycles. The third-order valence-electron chi connectivity index (χ3n) is 4.05. The number of rotatable bonds is 9. The Morgan fingerprint density at radius 2 is 1.75 bits per heavy atom. The minimum Gasteiger partial charge on any atom is -0.497 e. The Bertz CT molecular complexity index is 813. The maximum absolute atomic E-state index is 12.2. The van der Waals surface area contributed by atoms with E-state index in [0.717, 1.165) is 5.75 Å². The van der Waals surface area contributed by atoms with Gasteiger partial charge in [0, 0.05) is 23.7 Å². The molecule has 0 atom stereocenters. The number of nitrogens with one attached hydrogen (secondary N) is 2. The van der Waals surface area contributed by atoms with Crippen LogP contribution in [0.2, 0.25) is 10.0 Å². The predicted molar refractivity (Wildman–Crippen MR) is 113 cm³/mol. The summed E-state index contributed by atoms with van der Waals surface area (Å²) in [5.74, 6) is 0.377. The molecule has 0 aromatic heterocycles. The van der Waals surface area contributed by atoms with Crippen LogP contribution in [0.3, 0.4) is 0 Å². The van der Waals surface area contributed by atoms with Gasteiger partial charge >= 0.3 is 0 Å². The third kappa shape index (κ3) is 7.03. The SMILES string of the molecule is CCN(CCC(=O)Nc1cc(Cl)ccc1Cl)CC(=O)Nc1ccc(OC)cc1. The average Bonchev–Trinajstić information content (AvgIpc) is 2.68. The Hall–Kier alpha value is -2.28. The topological polar surface area (TPSA) is 70.7 Å². The van der Waals surface area contributed by atoms with Crippen LogP contribution in [-0.4, -0.2) is 43.5 Å². The van der Waals surface area contributed by atoms with Crippen LogP contribution in [0.1, 0.15) is 13.3 Å². The zero-order valence-electron chi connectivity index (χ0n) is 15.8. The van der Waals surface area contributed by atoms with E-state index in [1.807, 2.05) is 11.8 Å². The van der Waals surface area contributed by atoms with Gasteiger partial charge in [-0.3, -0.25) is 14.5 Å². The summed E-state index contributed by atoms with van der Waals surface area (Å²) >= 11 is 12.0. The van der Waals surface area contributed by atoms with Crippen molar-refractivity contribution in [3.8, 4) is 5.75 Å². The Morgan fingerprint density at radius 1 is 1.04 bits per heavy atom. The zero-order chi connectivity index (χ0) is 20.5. The molecule has 0 aliphatic heterocycles. The maximum atomic E-state index is 12.2. The van der Waals surface area contributed by atoms with Crippen molar-refractivity contribution >= 4 is 46.4 Å². The van der Waals surface area contributed by atoms with Crippen LogP contribution in [0.5, 0.6) is 5.75 Å². The molecule has 0 bridgehead atoms. The smallest absolute Gasteiger partial charge is 0.238 e. The lowest BCUT2D eigenvalue weighted by molar-refractivity contribution is -0.119. The van der Waals surface area contributed by atoms with E-state index < -0.39 is 0 Å². The molecule has 150 valence electrons. The first kappa shape index (κ1) is 22.0. The number of hydrogen-bond donors (Lipinski definition) is 2. The Labute approximate surface area is 174 Å². The molecule has 2 amide bonds. The largest absolute Gasteiger partial charge is 0.497 e. The second-order valence-electron chi connectivity index (χ2n) is 6.07. The molecule has 0 aliphatic rings. The molecule has 6 nitrogen and oxygen atoms in total.